The smallest absolute Gasteiger partial charge is 0.408 e. The zero-order valence-electron chi connectivity index (χ0n) is 12.0. The lowest BCUT2D eigenvalue weighted by Crippen LogP contribution is -2.38. The van der Waals surface area contributed by atoms with Crippen LogP contribution in [0.15, 0.2) is 18.2 Å². The van der Waals surface area contributed by atoms with Crippen molar-refractivity contribution in [2.75, 3.05) is 6.79 Å². The molecule has 21 heavy (non-hydrogen) atoms. The molecule has 0 spiro atoms. The van der Waals surface area contributed by atoms with Crippen LogP contribution in [0.1, 0.15) is 32.4 Å². The highest BCUT2D eigenvalue weighted by Gasteiger charge is 2.27. The number of benzene rings is 1. The van der Waals surface area contributed by atoms with Crippen molar-refractivity contribution in [1.82, 2.24) is 5.32 Å². The first kappa shape index (κ1) is 15.0. The maximum atomic E-state index is 11.7. The Hall–Kier alpha value is -2.44. The number of carbonyl (C=O) groups excluding carboxylic acids is 1. The predicted octanol–water partition coefficient (Wildman–Crippen LogP) is 2.07. The van der Waals surface area contributed by atoms with E-state index in [1.165, 1.54) is 6.07 Å². The van der Waals surface area contributed by atoms with Crippen molar-refractivity contribution in [1.29, 1.82) is 0 Å². The Bertz CT molecular complexity index is 563. The van der Waals surface area contributed by atoms with Crippen molar-refractivity contribution in [2.45, 2.75) is 32.4 Å². The number of carbonyl (C=O) groups is 2. The Kier molecular flexibility index (Phi) is 3.93. The van der Waals surface area contributed by atoms with Crippen LogP contribution in [0.3, 0.4) is 0 Å². The van der Waals surface area contributed by atoms with Crippen LogP contribution in [0.5, 0.6) is 11.5 Å². The third-order valence-electron chi connectivity index (χ3n) is 2.64. The molecule has 114 valence electrons. The minimum Gasteiger partial charge on any atom is -0.479 e. The normalized spacial score (nSPS) is 14.4. The van der Waals surface area contributed by atoms with Gasteiger partial charge in [0.2, 0.25) is 6.79 Å². The summed E-state index contributed by atoms with van der Waals surface area (Å²) in [5.41, 5.74) is -0.334. The van der Waals surface area contributed by atoms with Crippen LogP contribution in [-0.4, -0.2) is 29.6 Å². The fourth-order valence-corrected chi connectivity index (χ4v) is 1.81. The maximum absolute atomic E-state index is 11.7. The highest BCUT2D eigenvalue weighted by Crippen LogP contribution is 2.34. The molecule has 1 atom stereocenters. The summed E-state index contributed by atoms with van der Waals surface area (Å²) in [6, 6.07) is 3.46. The summed E-state index contributed by atoms with van der Waals surface area (Å²) in [5.74, 6) is -0.204. The predicted molar refractivity (Wildman–Crippen MR) is 72.3 cm³/mol. The molecule has 1 aliphatic heterocycles. The molecule has 1 aromatic rings. The molecule has 1 amide bonds. The van der Waals surface area contributed by atoms with Crippen molar-refractivity contribution in [3.63, 3.8) is 0 Å². The SMILES string of the molecule is CC(C)(C)OC(=O)NC(C(=O)O)c1ccc2c(c1)OCO2. The monoisotopic (exact) mass is 295 g/mol. The molecule has 0 aliphatic carbocycles. The van der Waals surface area contributed by atoms with E-state index in [0.29, 0.717) is 17.1 Å². The van der Waals surface area contributed by atoms with E-state index < -0.39 is 23.7 Å². The Labute approximate surface area is 121 Å². The molecule has 2 rings (SSSR count). The van der Waals surface area contributed by atoms with E-state index in [0.717, 1.165) is 0 Å². The van der Waals surface area contributed by atoms with Gasteiger partial charge < -0.3 is 24.6 Å². The van der Waals surface area contributed by atoms with Crippen molar-refractivity contribution < 1.29 is 28.9 Å². The lowest BCUT2D eigenvalue weighted by molar-refractivity contribution is -0.139. The van der Waals surface area contributed by atoms with Gasteiger partial charge in [-0.2, -0.15) is 0 Å². The molecule has 0 saturated carbocycles. The summed E-state index contributed by atoms with van der Waals surface area (Å²) in [5, 5.41) is 11.6. The van der Waals surface area contributed by atoms with Gasteiger partial charge in [0.05, 0.1) is 0 Å². The van der Waals surface area contributed by atoms with Crippen molar-refractivity contribution in [3.8, 4) is 11.5 Å². The van der Waals surface area contributed by atoms with Crippen molar-refractivity contribution in [3.05, 3.63) is 23.8 Å². The standard InChI is InChI=1S/C14H17NO6/c1-14(2,3)21-13(18)15-11(12(16)17)8-4-5-9-10(6-8)20-7-19-9/h4-6,11H,7H2,1-3H3,(H,15,18)(H,16,17). The van der Waals surface area contributed by atoms with E-state index >= 15 is 0 Å². The van der Waals surface area contributed by atoms with E-state index in [1.807, 2.05) is 0 Å². The lowest BCUT2D eigenvalue weighted by atomic mass is 10.1. The van der Waals surface area contributed by atoms with Crippen LogP contribution in [-0.2, 0) is 9.53 Å². The van der Waals surface area contributed by atoms with Gasteiger partial charge in [0.15, 0.2) is 17.5 Å². The van der Waals surface area contributed by atoms with Gasteiger partial charge in [0.1, 0.15) is 5.60 Å². The molecule has 1 aliphatic rings. The van der Waals surface area contributed by atoms with Gasteiger partial charge in [-0.3, -0.25) is 0 Å². The Morgan fingerprint density at radius 2 is 1.95 bits per heavy atom. The molecule has 2 N–H and O–H groups in total. The third kappa shape index (κ3) is 3.77. The fourth-order valence-electron chi connectivity index (χ4n) is 1.81. The average Bonchev–Trinajstić information content (AvgIpc) is 2.80. The van der Waals surface area contributed by atoms with E-state index in [9.17, 15) is 14.7 Å². The summed E-state index contributed by atoms with van der Waals surface area (Å²) in [4.78, 5) is 23.1. The number of carboxylic acid groups (broad SMARTS) is 1. The van der Waals surface area contributed by atoms with Gasteiger partial charge in [0.25, 0.3) is 0 Å². The van der Waals surface area contributed by atoms with Gasteiger partial charge in [-0.1, -0.05) is 6.07 Å². The summed E-state index contributed by atoms with van der Waals surface area (Å²) < 4.78 is 15.4. The fraction of sp³-hybridized carbons (Fsp3) is 0.429. The lowest BCUT2D eigenvalue weighted by Gasteiger charge is -2.22. The van der Waals surface area contributed by atoms with Gasteiger partial charge in [-0.05, 0) is 38.5 Å². The van der Waals surface area contributed by atoms with E-state index in [4.69, 9.17) is 14.2 Å². The molecule has 7 nitrogen and oxygen atoms in total. The first-order valence-electron chi connectivity index (χ1n) is 6.38. The zero-order valence-corrected chi connectivity index (χ0v) is 12.0. The Morgan fingerprint density at radius 3 is 2.57 bits per heavy atom. The molecule has 1 aromatic carbocycles. The van der Waals surface area contributed by atoms with Crippen LogP contribution in [0.25, 0.3) is 0 Å². The molecule has 0 aromatic heterocycles. The van der Waals surface area contributed by atoms with Crippen molar-refractivity contribution in [2.24, 2.45) is 0 Å². The zero-order chi connectivity index (χ0) is 15.6. The van der Waals surface area contributed by atoms with Crippen molar-refractivity contribution >= 4 is 12.1 Å². The van der Waals surface area contributed by atoms with Crippen LogP contribution in [0.4, 0.5) is 4.79 Å². The molecule has 7 heteroatoms. The number of hydrogen-bond acceptors (Lipinski definition) is 5. The largest absolute Gasteiger partial charge is 0.479 e. The third-order valence-corrected chi connectivity index (χ3v) is 2.64. The Balaban J connectivity index is 2.16. The quantitative estimate of drug-likeness (QED) is 0.886. The van der Waals surface area contributed by atoms with Crippen LogP contribution >= 0.6 is 0 Å². The van der Waals surface area contributed by atoms with E-state index in [2.05, 4.69) is 5.32 Å². The molecule has 0 bridgehead atoms. The molecule has 0 saturated heterocycles. The first-order chi connectivity index (χ1) is 9.76. The minimum atomic E-state index is -1.23. The van der Waals surface area contributed by atoms with Gasteiger partial charge in [-0.25, -0.2) is 9.59 Å². The Morgan fingerprint density at radius 1 is 1.29 bits per heavy atom. The number of alkyl carbamates (subject to hydrolysis) is 1. The molecular weight excluding hydrogens is 278 g/mol. The summed E-state index contributed by atoms with van der Waals surface area (Å²) in [6.45, 7) is 5.19. The van der Waals surface area contributed by atoms with Crippen LogP contribution < -0.4 is 14.8 Å². The number of hydrogen-bond donors (Lipinski definition) is 2. The van der Waals surface area contributed by atoms with Crippen LogP contribution in [0.2, 0.25) is 0 Å². The molecule has 0 radical (unpaired) electrons. The number of amides is 1. The molecular formula is C14H17NO6. The number of nitrogens with one attached hydrogen (secondary N) is 1. The molecule has 1 heterocycles. The van der Waals surface area contributed by atoms with E-state index in [1.54, 1.807) is 32.9 Å². The van der Waals surface area contributed by atoms with Gasteiger partial charge in [0, 0.05) is 0 Å². The maximum Gasteiger partial charge on any atom is 0.408 e. The minimum absolute atomic E-state index is 0.0933. The van der Waals surface area contributed by atoms with Gasteiger partial charge >= 0.3 is 12.1 Å². The number of carboxylic acids is 1. The molecule has 0 fully saturated rings. The summed E-state index contributed by atoms with van der Waals surface area (Å²) in [6.07, 6.45) is -0.799. The second-order valence-electron chi connectivity index (χ2n) is 5.53. The highest BCUT2D eigenvalue weighted by molar-refractivity contribution is 5.81. The number of aliphatic carboxylic acids is 1. The number of fused-ring (bicyclic) bond motifs is 1. The molecule has 1 unspecified atom stereocenters. The average molecular weight is 295 g/mol. The summed E-state index contributed by atoms with van der Waals surface area (Å²) >= 11 is 0. The second-order valence-corrected chi connectivity index (χ2v) is 5.53. The van der Waals surface area contributed by atoms with E-state index in [-0.39, 0.29) is 6.79 Å². The summed E-state index contributed by atoms with van der Waals surface area (Å²) in [7, 11) is 0. The number of ether oxygens (including phenoxy) is 3. The topological polar surface area (TPSA) is 94.1 Å². The first-order valence-corrected chi connectivity index (χ1v) is 6.38. The second kappa shape index (κ2) is 5.51. The van der Waals surface area contributed by atoms with Crippen LogP contribution in [0, 0.1) is 0 Å². The highest BCUT2D eigenvalue weighted by atomic mass is 16.7. The van der Waals surface area contributed by atoms with Gasteiger partial charge in [-0.15, -0.1) is 0 Å². The number of rotatable bonds is 3.